The molecule has 0 aromatic carbocycles. The van der Waals surface area contributed by atoms with E-state index in [1.807, 2.05) is 0 Å². The first-order valence-electron chi connectivity index (χ1n) is 5.52. The van der Waals surface area contributed by atoms with Crippen LogP contribution in [0.3, 0.4) is 0 Å². The van der Waals surface area contributed by atoms with Gasteiger partial charge in [0.05, 0.1) is 11.1 Å². The molecule has 0 aliphatic rings. The zero-order valence-corrected chi connectivity index (χ0v) is 11.1. The van der Waals surface area contributed by atoms with Crippen LogP contribution in [-0.4, -0.2) is 21.9 Å². The number of halogens is 4. The molecule has 0 spiro atoms. The van der Waals surface area contributed by atoms with Crippen LogP contribution in [0.5, 0.6) is 0 Å². The molecule has 1 amide bonds. The van der Waals surface area contributed by atoms with Crippen molar-refractivity contribution in [3.63, 3.8) is 0 Å². The number of alkyl halides is 3. The second kappa shape index (κ2) is 6.04. The maximum absolute atomic E-state index is 12.7. The third-order valence-corrected chi connectivity index (χ3v) is 3.02. The number of carbonyl (C=O) groups excluding carboxylic acids is 1. The molecule has 0 saturated heterocycles. The van der Waals surface area contributed by atoms with Gasteiger partial charge < -0.3 is 0 Å². The average Bonchev–Trinajstić information content (AvgIpc) is 2.98. The molecule has 2 heterocycles. The van der Waals surface area contributed by atoms with E-state index in [1.54, 1.807) is 0 Å². The van der Waals surface area contributed by atoms with Gasteiger partial charge in [-0.15, -0.1) is 11.3 Å². The summed E-state index contributed by atoms with van der Waals surface area (Å²) in [6.45, 7) is -0.410. The van der Waals surface area contributed by atoms with E-state index in [4.69, 9.17) is 0 Å². The molecule has 5 nitrogen and oxygen atoms in total. The van der Waals surface area contributed by atoms with E-state index < -0.39 is 24.3 Å². The average molecular weight is 320 g/mol. The molecule has 2 rings (SSSR count). The monoisotopic (exact) mass is 320 g/mol. The molecule has 0 fully saturated rings. The van der Waals surface area contributed by atoms with Gasteiger partial charge in [-0.2, -0.15) is 27.8 Å². The molecule has 0 radical (unpaired) electrons. The molecule has 0 aliphatic carbocycles. The highest BCUT2D eigenvalue weighted by Gasteiger charge is 2.33. The van der Waals surface area contributed by atoms with Gasteiger partial charge in [-0.1, -0.05) is 0 Å². The number of thiophene rings is 1. The van der Waals surface area contributed by atoms with Crippen molar-refractivity contribution < 1.29 is 22.4 Å². The Bertz CT molecular complexity index is 661. The van der Waals surface area contributed by atoms with Gasteiger partial charge in [0, 0.05) is 6.20 Å². The number of hydrogen-bond donors (Lipinski definition) is 1. The fourth-order valence-corrected chi connectivity index (χ4v) is 1.95. The Balaban J connectivity index is 1.87. The van der Waals surface area contributed by atoms with Gasteiger partial charge >= 0.3 is 6.18 Å². The van der Waals surface area contributed by atoms with E-state index >= 15 is 0 Å². The molecule has 2 aromatic rings. The summed E-state index contributed by atoms with van der Waals surface area (Å²) in [4.78, 5) is 11.9. The predicted molar refractivity (Wildman–Crippen MR) is 67.2 cm³/mol. The van der Waals surface area contributed by atoms with Crippen LogP contribution in [-0.2, 0) is 17.5 Å². The highest BCUT2D eigenvalue weighted by Crippen LogP contribution is 2.27. The van der Waals surface area contributed by atoms with E-state index in [2.05, 4.69) is 15.6 Å². The molecular formula is C11H8F4N4OS. The molecule has 1 N–H and O–H groups in total. The third-order valence-electron chi connectivity index (χ3n) is 2.21. The Kier molecular flexibility index (Phi) is 4.36. The third kappa shape index (κ3) is 4.38. The van der Waals surface area contributed by atoms with Crippen LogP contribution < -0.4 is 5.43 Å². The normalized spacial score (nSPS) is 12.0. The molecule has 21 heavy (non-hydrogen) atoms. The Labute approximate surface area is 119 Å². The lowest BCUT2D eigenvalue weighted by Gasteiger charge is -2.02. The number of carbonyl (C=O) groups is 1. The number of nitrogens with one attached hydrogen (secondary N) is 1. The number of hydrogen-bond acceptors (Lipinski definition) is 4. The molecule has 0 aliphatic heterocycles. The first-order chi connectivity index (χ1) is 9.84. The minimum atomic E-state index is -4.55. The smallest absolute Gasteiger partial charge is 0.271 e. The molecule has 112 valence electrons. The van der Waals surface area contributed by atoms with Gasteiger partial charge in [0.1, 0.15) is 6.54 Å². The van der Waals surface area contributed by atoms with Gasteiger partial charge in [-0.3, -0.25) is 9.48 Å². The van der Waals surface area contributed by atoms with Crippen molar-refractivity contribution in [3.8, 4) is 0 Å². The van der Waals surface area contributed by atoms with Crippen molar-refractivity contribution in [3.05, 3.63) is 40.1 Å². The van der Waals surface area contributed by atoms with Gasteiger partial charge in [0.2, 0.25) is 0 Å². The fraction of sp³-hybridized carbons (Fsp3) is 0.182. The van der Waals surface area contributed by atoms with Gasteiger partial charge in [0.15, 0.2) is 10.8 Å². The SMILES string of the molecule is O=C(Cn1ccc(C(F)(F)F)n1)N/N=C/c1ccc(F)s1. The summed E-state index contributed by atoms with van der Waals surface area (Å²) in [6.07, 6.45) is -2.28. The molecule has 2 aromatic heterocycles. The highest BCUT2D eigenvalue weighted by atomic mass is 32.1. The van der Waals surface area contributed by atoms with Crippen LogP contribution in [0.15, 0.2) is 29.5 Å². The summed E-state index contributed by atoms with van der Waals surface area (Å²) in [5.74, 6) is -0.653. The lowest BCUT2D eigenvalue weighted by molar-refractivity contribution is -0.141. The summed E-state index contributed by atoms with van der Waals surface area (Å²) in [6, 6.07) is 3.49. The minimum Gasteiger partial charge on any atom is -0.271 e. The number of aromatic nitrogens is 2. The van der Waals surface area contributed by atoms with Crippen LogP contribution in [0, 0.1) is 5.13 Å². The van der Waals surface area contributed by atoms with E-state index in [-0.39, 0.29) is 5.13 Å². The number of hydrazone groups is 1. The van der Waals surface area contributed by atoms with E-state index in [1.165, 1.54) is 18.3 Å². The molecule has 0 saturated carbocycles. The summed E-state index contributed by atoms with van der Waals surface area (Å²) >= 11 is 0.840. The van der Waals surface area contributed by atoms with Crippen LogP contribution in [0.2, 0.25) is 0 Å². The standard InChI is InChI=1S/C11H8F4N4OS/c12-9-2-1-7(21-9)5-16-17-10(20)6-19-4-3-8(18-19)11(13,14)15/h1-5H,6H2,(H,17,20)/b16-5+. The highest BCUT2D eigenvalue weighted by molar-refractivity contribution is 7.12. The summed E-state index contributed by atoms with van der Waals surface area (Å²) < 4.78 is 50.4. The van der Waals surface area contributed by atoms with Crippen LogP contribution in [0.1, 0.15) is 10.6 Å². The number of nitrogens with zero attached hydrogens (tertiary/aromatic N) is 3. The largest absolute Gasteiger partial charge is 0.435 e. The first kappa shape index (κ1) is 15.2. The second-order valence-electron chi connectivity index (χ2n) is 3.83. The van der Waals surface area contributed by atoms with Crippen molar-refractivity contribution in [1.82, 2.24) is 15.2 Å². The Hall–Kier alpha value is -2.23. The van der Waals surface area contributed by atoms with Crippen molar-refractivity contribution in [2.45, 2.75) is 12.7 Å². The Morgan fingerprint density at radius 3 is 2.76 bits per heavy atom. The lowest BCUT2D eigenvalue weighted by Crippen LogP contribution is -2.23. The Morgan fingerprint density at radius 2 is 2.19 bits per heavy atom. The Morgan fingerprint density at radius 1 is 1.43 bits per heavy atom. The number of rotatable bonds is 4. The van der Waals surface area contributed by atoms with Gasteiger partial charge in [-0.25, -0.2) is 5.43 Å². The predicted octanol–water partition coefficient (Wildman–Crippen LogP) is 2.25. The minimum absolute atomic E-state index is 0.390. The van der Waals surface area contributed by atoms with Crippen molar-refractivity contribution >= 4 is 23.5 Å². The van der Waals surface area contributed by atoms with E-state index in [9.17, 15) is 22.4 Å². The quantitative estimate of drug-likeness (QED) is 0.534. The fourth-order valence-electron chi connectivity index (χ4n) is 1.35. The summed E-state index contributed by atoms with van der Waals surface area (Å²) in [7, 11) is 0. The molecule has 0 atom stereocenters. The molecule has 0 bridgehead atoms. The lowest BCUT2D eigenvalue weighted by atomic mass is 10.4. The van der Waals surface area contributed by atoms with Crippen molar-refractivity contribution in [2.24, 2.45) is 5.10 Å². The van der Waals surface area contributed by atoms with E-state index in [0.29, 0.717) is 4.88 Å². The molecule has 0 unspecified atom stereocenters. The van der Waals surface area contributed by atoms with Gasteiger partial charge in [0.25, 0.3) is 5.91 Å². The molecule has 10 heteroatoms. The summed E-state index contributed by atoms with van der Waals surface area (Å²) in [5.41, 5.74) is 1.03. The topological polar surface area (TPSA) is 59.3 Å². The zero-order valence-electron chi connectivity index (χ0n) is 10.3. The first-order valence-corrected chi connectivity index (χ1v) is 6.34. The maximum Gasteiger partial charge on any atom is 0.435 e. The maximum atomic E-state index is 12.7. The van der Waals surface area contributed by atoms with E-state index in [0.717, 1.165) is 28.3 Å². The zero-order chi connectivity index (χ0) is 15.5. The summed E-state index contributed by atoms with van der Waals surface area (Å²) in [5, 5.41) is 6.40. The van der Waals surface area contributed by atoms with Crippen molar-refractivity contribution in [1.29, 1.82) is 0 Å². The van der Waals surface area contributed by atoms with Gasteiger partial charge in [-0.05, 0) is 18.2 Å². The van der Waals surface area contributed by atoms with Crippen LogP contribution in [0.4, 0.5) is 17.6 Å². The second-order valence-corrected chi connectivity index (χ2v) is 4.90. The number of amides is 1. The van der Waals surface area contributed by atoms with Crippen molar-refractivity contribution in [2.75, 3.05) is 0 Å². The molecular weight excluding hydrogens is 312 g/mol. The van der Waals surface area contributed by atoms with Crippen LogP contribution >= 0.6 is 11.3 Å². The van der Waals surface area contributed by atoms with Crippen LogP contribution in [0.25, 0.3) is 0 Å².